The summed E-state index contributed by atoms with van der Waals surface area (Å²) in [5.74, 6) is 0. The molecule has 0 radical (unpaired) electrons. The van der Waals surface area contributed by atoms with Crippen molar-refractivity contribution >= 4 is 17.9 Å². The average Bonchev–Trinajstić information content (AvgIpc) is 2.74. The molecule has 0 aliphatic heterocycles. The lowest BCUT2D eigenvalue weighted by atomic mass is 9.87. The smallest absolute Gasteiger partial charge is 0.232 e. The number of rotatable bonds is 7. The molecule has 0 aliphatic rings. The molecule has 0 bridgehead atoms. The Kier molecular flexibility index (Phi) is 5.78. The lowest BCUT2D eigenvalue weighted by molar-refractivity contribution is -0.530. The van der Waals surface area contributed by atoms with Crippen molar-refractivity contribution in [2.24, 2.45) is 0 Å². The Labute approximate surface area is 165 Å². The van der Waals surface area contributed by atoms with E-state index in [4.69, 9.17) is 0 Å². The van der Waals surface area contributed by atoms with Crippen LogP contribution in [-0.2, 0) is 10.1 Å². The Bertz CT molecular complexity index is 937. The van der Waals surface area contributed by atoms with Gasteiger partial charge in [0.15, 0.2) is 0 Å². The van der Waals surface area contributed by atoms with E-state index in [1.807, 2.05) is 66.7 Å². The van der Waals surface area contributed by atoms with Crippen molar-refractivity contribution in [3.63, 3.8) is 0 Å². The van der Waals surface area contributed by atoms with Gasteiger partial charge in [0, 0.05) is 22.5 Å². The largest absolute Gasteiger partial charge is 0.296 e. The molecule has 0 fully saturated rings. The molecule has 3 aromatic carbocycles. The minimum atomic E-state index is -3.36. The molecule has 3 rings (SSSR count). The van der Waals surface area contributed by atoms with E-state index in [-0.39, 0.29) is 4.92 Å². The van der Waals surface area contributed by atoms with Gasteiger partial charge >= 0.3 is 0 Å². The van der Waals surface area contributed by atoms with Crippen LogP contribution < -0.4 is 15.7 Å². The molecule has 2 atom stereocenters. The summed E-state index contributed by atoms with van der Waals surface area (Å²) >= 11 is 0. The fraction of sp³-hybridized carbons (Fsp3) is 0.182. The molecule has 1 N–H and O–H groups in total. The molecule has 28 heavy (non-hydrogen) atoms. The first-order valence-electron chi connectivity index (χ1n) is 9.07. The van der Waals surface area contributed by atoms with Crippen LogP contribution in [0, 0.1) is 10.1 Å². The third-order valence-electron chi connectivity index (χ3n) is 5.15. The van der Waals surface area contributed by atoms with E-state index in [0.29, 0.717) is 16.2 Å². The lowest BCUT2D eigenvalue weighted by Gasteiger charge is -2.36. The number of hydrogen-bond donors (Lipinski definition) is 1. The van der Waals surface area contributed by atoms with Crippen molar-refractivity contribution in [2.45, 2.75) is 25.4 Å². The van der Waals surface area contributed by atoms with Crippen molar-refractivity contribution < 1.29 is 9.49 Å². The zero-order chi connectivity index (χ0) is 20.2. The Morgan fingerprint density at radius 2 is 1.25 bits per heavy atom. The Hall–Kier alpha value is -2.75. The van der Waals surface area contributed by atoms with E-state index in [1.165, 1.54) is 0 Å². The van der Waals surface area contributed by atoms with Crippen LogP contribution in [0.3, 0.4) is 0 Å². The molecule has 0 saturated heterocycles. The van der Waals surface area contributed by atoms with Crippen molar-refractivity contribution in [3.05, 3.63) is 107 Å². The average molecular weight is 394 g/mol. The summed E-state index contributed by atoms with van der Waals surface area (Å²) in [5.41, 5.74) is -0.433. The zero-order valence-corrected chi connectivity index (χ0v) is 16.8. The van der Waals surface area contributed by atoms with E-state index >= 15 is 0 Å². The minimum Gasteiger partial charge on any atom is -0.296 e. The predicted octanol–water partition coefficient (Wildman–Crippen LogP) is 4.09. The van der Waals surface area contributed by atoms with Crippen LogP contribution in [0.2, 0.25) is 0 Å². The maximum atomic E-state index is 14.4. The van der Waals surface area contributed by atoms with Crippen molar-refractivity contribution in [1.29, 1.82) is 0 Å². The first kappa shape index (κ1) is 20.0. The van der Waals surface area contributed by atoms with E-state index in [1.54, 1.807) is 38.1 Å². The molecular formula is C22H23N2O3P. The number of nitrogens with zero attached hydrogens (tertiary/aromatic N) is 1. The molecular weight excluding hydrogens is 371 g/mol. The highest BCUT2D eigenvalue weighted by molar-refractivity contribution is 7.77. The molecule has 0 heterocycles. The maximum absolute atomic E-state index is 14.4. The predicted molar refractivity (Wildman–Crippen MR) is 113 cm³/mol. The highest BCUT2D eigenvalue weighted by Gasteiger charge is 2.46. The highest BCUT2D eigenvalue weighted by atomic mass is 31.2. The summed E-state index contributed by atoms with van der Waals surface area (Å²) < 4.78 is 14.4. The van der Waals surface area contributed by atoms with Gasteiger partial charge in [-0.15, -0.1) is 0 Å². The second-order valence-electron chi connectivity index (χ2n) is 6.92. The molecule has 2 unspecified atom stereocenters. The van der Waals surface area contributed by atoms with Gasteiger partial charge in [-0.3, -0.25) is 14.7 Å². The van der Waals surface area contributed by atoms with Gasteiger partial charge in [-0.1, -0.05) is 66.7 Å². The first-order chi connectivity index (χ1) is 13.4. The molecule has 3 aromatic rings. The molecule has 0 saturated carbocycles. The maximum Gasteiger partial charge on any atom is 0.232 e. The van der Waals surface area contributed by atoms with E-state index in [2.05, 4.69) is 5.09 Å². The van der Waals surface area contributed by atoms with Crippen molar-refractivity contribution in [2.75, 3.05) is 0 Å². The summed E-state index contributed by atoms with van der Waals surface area (Å²) in [6, 6.07) is 26.3. The first-order valence-corrected chi connectivity index (χ1v) is 10.8. The van der Waals surface area contributed by atoms with Gasteiger partial charge in [-0.25, -0.2) is 5.09 Å². The Morgan fingerprint density at radius 3 is 1.64 bits per heavy atom. The SMILES string of the molecule is CC([N+](=O)[O-])C(C)(NP(=O)(c1ccccc1)c1ccccc1)c1ccccc1. The summed E-state index contributed by atoms with van der Waals surface area (Å²) in [7, 11) is -3.36. The third-order valence-corrected chi connectivity index (χ3v) is 7.98. The standard InChI is InChI=1S/C22H23N2O3P/c1-18(24(25)26)22(2,19-12-6-3-7-13-19)23-28(27,20-14-8-4-9-15-20)21-16-10-5-11-17-21/h3-18H,1-2H3,(H,23,27). The fourth-order valence-electron chi connectivity index (χ4n) is 3.28. The molecule has 0 aliphatic carbocycles. The normalized spacial score (nSPS) is 14.8. The molecule has 0 spiro atoms. The molecule has 0 aromatic heterocycles. The van der Waals surface area contributed by atoms with E-state index < -0.39 is 18.9 Å². The third kappa shape index (κ3) is 3.77. The van der Waals surface area contributed by atoms with Crippen LogP contribution in [0.5, 0.6) is 0 Å². The van der Waals surface area contributed by atoms with Gasteiger partial charge in [0.05, 0.1) is 0 Å². The number of hydrogen-bond acceptors (Lipinski definition) is 3. The Morgan fingerprint density at radius 1 is 0.857 bits per heavy atom. The highest BCUT2D eigenvalue weighted by Crippen LogP contribution is 2.45. The van der Waals surface area contributed by atoms with Crippen LogP contribution in [0.15, 0.2) is 91.0 Å². The summed E-state index contributed by atoms with van der Waals surface area (Å²) in [6.07, 6.45) is 0. The van der Waals surface area contributed by atoms with Crippen LogP contribution in [0.25, 0.3) is 0 Å². The molecule has 0 amide bonds. The van der Waals surface area contributed by atoms with Gasteiger partial charge in [0.1, 0.15) is 5.54 Å². The monoisotopic (exact) mass is 394 g/mol. The van der Waals surface area contributed by atoms with Gasteiger partial charge in [0.2, 0.25) is 13.3 Å². The molecule has 5 nitrogen and oxygen atoms in total. The number of nitrogens with one attached hydrogen (secondary N) is 1. The van der Waals surface area contributed by atoms with Crippen LogP contribution >= 0.6 is 7.29 Å². The Balaban J connectivity index is 2.20. The van der Waals surface area contributed by atoms with Crippen LogP contribution in [0.1, 0.15) is 19.4 Å². The lowest BCUT2D eigenvalue weighted by Crippen LogP contribution is -2.52. The van der Waals surface area contributed by atoms with Crippen LogP contribution in [-0.4, -0.2) is 11.0 Å². The van der Waals surface area contributed by atoms with Gasteiger partial charge in [-0.05, 0) is 36.8 Å². The topological polar surface area (TPSA) is 72.2 Å². The number of nitro groups is 1. The second kappa shape index (κ2) is 8.09. The quantitative estimate of drug-likeness (QED) is 0.372. The second-order valence-corrected chi connectivity index (χ2v) is 9.40. The van der Waals surface area contributed by atoms with Crippen LogP contribution in [0.4, 0.5) is 0 Å². The van der Waals surface area contributed by atoms with Crippen molar-refractivity contribution in [3.8, 4) is 0 Å². The summed E-state index contributed by atoms with van der Waals surface area (Å²) in [4.78, 5) is 11.4. The summed E-state index contributed by atoms with van der Waals surface area (Å²) in [6.45, 7) is 3.29. The van der Waals surface area contributed by atoms with Crippen molar-refractivity contribution in [1.82, 2.24) is 5.09 Å². The molecule has 6 heteroatoms. The van der Waals surface area contributed by atoms with E-state index in [0.717, 1.165) is 0 Å². The van der Waals surface area contributed by atoms with Gasteiger partial charge in [-0.2, -0.15) is 0 Å². The number of benzene rings is 3. The zero-order valence-electron chi connectivity index (χ0n) is 15.9. The van der Waals surface area contributed by atoms with Gasteiger partial charge < -0.3 is 0 Å². The van der Waals surface area contributed by atoms with E-state index in [9.17, 15) is 14.7 Å². The fourth-order valence-corrected chi connectivity index (χ4v) is 5.99. The molecule has 144 valence electrons. The van der Waals surface area contributed by atoms with Gasteiger partial charge in [0.25, 0.3) is 0 Å². The minimum absolute atomic E-state index is 0.333. The summed E-state index contributed by atoms with van der Waals surface area (Å²) in [5, 5.41) is 16.2.